The zero-order valence-electron chi connectivity index (χ0n) is 11.9. The molecule has 3 N–H and O–H groups in total. The summed E-state index contributed by atoms with van der Waals surface area (Å²) < 4.78 is 0. The van der Waals surface area contributed by atoms with Gasteiger partial charge < -0.3 is 16.0 Å². The van der Waals surface area contributed by atoms with Gasteiger partial charge in [0.1, 0.15) is 0 Å². The molecule has 1 heterocycles. The zero-order valence-corrected chi connectivity index (χ0v) is 11.9. The fourth-order valence-corrected chi connectivity index (χ4v) is 2.75. The maximum atomic E-state index is 12.2. The molecule has 1 saturated heterocycles. The summed E-state index contributed by atoms with van der Waals surface area (Å²) in [5, 5.41) is 2.85. The Bertz CT molecular complexity index is 488. The van der Waals surface area contributed by atoms with Crippen molar-refractivity contribution in [2.45, 2.75) is 20.3 Å². The molecule has 0 radical (unpaired) electrons. The van der Waals surface area contributed by atoms with Crippen LogP contribution in [0, 0.1) is 11.8 Å². The lowest BCUT2D eigenvalue weighted by molar-refractivity contribution is 0.100. The first-order valence-electron chi connectivity index (χ1n) is 6.91. The number of carbonyl (C=O) groups is 2. The number of rotatable bonds is 2. The lowest BCUT2D eigenvalue weighted by Crippen LogP contribution is -2.44. The van der Waals surface area contributed by atoms with E-state index in [1.807, 2.05) is 4.90 Å². The van der Waals surface area contributed by atoms with Crippen LogP contribution in [0.3, 0.4) is 0 Å². The zero-order chi connectivity index (χ0) is 14.7. The summed E-state index contributed by atoms with van der Waals surface area (Å²) in [5.74, 6) is 0.588. The average molecular weight is 275 g/mol. The normalized spacial score (nSPS) is 22.4. The number of nitrogens with one attached hydrogen (secondary N) is 1. The van der Waals surface area contributed by atoms with Crippen LogP contribution in [-0.2, 0) is 0 Å². The van der Waals surface area contributed by atoms with Crippen molar-refractivity contribution in [2.24, 2.45) is 17.6 Å². The van der Waals surface area contributed by atoms with E-state index in [0.717, 1.165) is 19.5 Å². The van der Waals surface area contributed by atoms with Gasteiger partial charge >= 0.3 is 6.03 Å². The SMILES string of the molecule is C[C@@H]1C[C@@H](C)CN(C(=O)Nc2ccc(C(N)=O)cc2)C1. The summed E-state index contributed by atoms with van der Waals surface area (Å²) >= 11 is 0. The van der Waals surface area contributed by atoms with Crippen LogP contribution in [0.2, 0.25) is 0 Å². The highest BCUT2D eigenvalue weighted by molar-refractivity contribution is 5.94. The van der Waals surface area contributed by atoms with Crippen LogP contribution >= 0.6 is 0 Å². The number of hydrogen-bond acceptors (Lipinski definition) is 2. The number of nitrogens with zero attached hydrogens (tertiary/aromatic N) is 1. The number of carbonyl (C=O) groups excluding carboxylic acids is 2. The van der Waals surface area contributed by atoms with Crippen LogP contribution < -0.4 is 11.1 Å². The van der Waals surface area contributed by atoms with E-state index in [1.165, 1.54) is 0 Å². The van der Waals surface area contributed by atoms with E-state index < -0.39 is 5.91 Å². The summed E-state index contributed by atoms with van der Waals surface area (Å²) in [7, 11) is 0. The number of amides is 3. The maximum Gasteiger partial charge on any atom is 0.321 e. The van der Waals surface area contributed by atoms with Crippen molar-refractivity contribution in [3.8, 4) is 0 Å². The number of likely N-dealkylation sites (tertiary alicyclic amines) is 1. The van der Waals surface area contributed by atoms with Crippen molar-refractivity contribution in [3.63, 3.8) is 0 Å². The molecule has 2 atom stereocenters. The van der Waals surface area contributed by atoms with Crippen LogP contribution in [0.4, 0.5) is 10.5 Å². The monoisotopic (exact) mass is 275 g/mol. The van der Waals surface area contributed by atoms with Crippen molar-refractivity contribution < 1.29 is 9.59 Å². The number of anilines is 1. The van der Waals surface area contributed by atoms with Crippen LogP contribution in [0.25, 0.3) is 0 Å². The first kappa shape index (κ1) is 14.4. The smallest absolute Gasteiger partial charge is 0.321 e. The van der Waals surface area contributed by atoms with Crippen LogP contribution in [0.1, 0.15) is 30.6 Å². The van der Waals surface area contributed by atoms with Gasteiger partial charge in [-0.2, -0.15) is 0 Å². The van der Waals surface area contributed by atoms with E-state index in [0.29, 0.717) is 23.1 Å². The molecule has 0 aliphatic carbocycles. The predicted octanol–water partition coefficient (Wildman–Crippen LogP) is 2.30. The second kappa shape index (κ2) is 5.94. The summed E-state index contributed by atoms with van der Waals surface area (Å²) in [6.45, 7) is 5.90. The number of benzene rings is 1. The van der Waals surface area contributed by atoms with E-state index in [9.17, 15) is 9.59 Å². The Morgan fingerprint density at radius 1 is 1.15 bits per heavy atom. The fraction of sp³-hybridized carbons (Fsp3) is 0.467. The minimum absolute atomic E-state index is 0.0878. The van der Waals surface area contributed by atoms with Gasteiger partial charge in [-0.15, -0.1) is 0 Å². The van der Waals surface area contributed by atoms with E-state index in [4.69, 9.17) is 5.73 Å². The molecule has 1 aromatic rings. The molecule has 0 unspecified atom stereocenters. The Morgan fingerprint density at radius 2 is 1.70 bits per heavy atom. The number of urea groups is 1. The Labute approximate surface area is 119 Å². The lowest BCUT2D eigenvalue weighted by atomic mass is 9.92. The highest BCUT2D eigenvalue weighted by atomic mass is 16.2. The van der Waals surface area contributed by atoms with Gasteiger partial charge in [-0.3, -0.25) is 4.79 Å². The number of nitrogens with two attached hydrogens (primary N) is 1. The van der Waals surface area contributed by atoms with Crippen LogP contribution in [0.5, 0.6) is 0 Å². The van der Waals surface area contributed by atoms with Gasteiger partial charge in [0.2, 0.25) is 5.91 Å². The molecule has 5 nitrogen and oxygen atoms in total. The van der Waals surface area contributed by atoms with Crippen molar-refractivity contribution >= 4 is 17.6 Å². The average Bonchev–Trinajstić information content (AvgIpc) is 2.38. The number of primary amides is 1. The van der Waals surface area contributed by atoms with E-state index >= 15 is 0 Å². The summed E-state index contributed by atoms with van der Waals surface area (Å²) in [5.41, 5.74) is 6.28. The van der Waals surface area contributed by atoms with Gasteiger partial charge in [0, 0.05) is 24.3 Å². The quantitative estimate of drug-likeness (QED) is 0.869. The van der Waals surface area contributed by atoms with Gasteiger partial charge in [-0.1, -0.05) is 13.8 Å². The lowest BCUT2D eigenvalue weighted by Gasteiger charge is -2.34. The Kier molecular flexibility index (Phi) is 4.27. The molecule has 2 rings (SSSR count). The summed E-state index contributed by atoms with van der Waals surface area (Å²) in [6.07, 6.45) is 1.16. The molecule has 1 aromatic carbocycles. The largest absolute Gasteiger partial charge is 0.366 e. The molecule has 0 saturated carbocycles. The van der Waals surface area contributed by atoms with Crippen LogP contribution in [0.15, 0.2) is 24.3 Å². The third-order valence-corrected chi connectivity index (χ3v) is 3.58. The fourth-order valence-electron chi connectivity index (χ4n) is 2.75. The Balaban J connectivity index is 1.98. The van der Waals surface area contributed by atoms with E-state index in [1.54, 1.807) is 24.3 Å². The molecule has 1 aliphatic heterocycles. The molecule has 0 aromatic heterocycles. The van der Waals surface area contributed by atoms with Crippen molar-refractivity contribution in [2.75, 3.05) is 18.4 Å². The first-order chi connectivity index (χ1) is 9.45. The summed E-state index contributed by atoms with van der Waals surface area (Å²) in [4.78, 5) is 25.0. The van der Waals surface area contributed by atoms with Gasteiger partial charge in [-0.05, 0) is 42.5 Å². The molecule has 0 bridgehead atoms. The molecular weight excluding hydrogens is 254 g/mol. The van der Waals surface area contributed by atoms with Gasteiger partial charge in [0.15, 0.2) is 0 Å². The van der Waals surface area contributed by atoms with Crippen LogP contribution in [-0.4, -0.2) is 29.9 Å². The first-order valence-corrected chi connectivity index (χ1v) is 6.91. The van der Waals surface area contributed by atoms with E-state index in [2.05, 4.69) is 19.2 Å². The second-order valence-electron chi connectivity index (χ2n) is 5.72. The highest BCUT2D eigenvalue weighted by Gasteiger charge is 2.25. The highest BCUT2D eigenvalue weighted by Crippen LogP contribution is 2.21. The number of hydrogen-bond donors (Lipinski definition) is 2. The second-order valence-corrected chi connectivity index (χ2v) is 5.72. The third-order valence-electron chi connectivity index (χ3n) is 3.58. The standard InChI is InChI=1S/C15H21N3O2/c1-10-7-11(2)9-18(8-10)15(20)17-13-5-3-12(4-6-13)14(16)19/h3-6,10-11H,7-9H2,1-2H3,(H2,16,19)(H,17,20)/t10-,11-/m1/s1. The molecule has 5 heteroatoms. The topological polar surface area (TPSA) is 75.4 Å². The number of piperidine rings is 1. The predicted molar refractivity (Wildman–Crippen MR) is 78.5 cm³/mol. The molecule has 20 heavy (non-hydrogen) atoms. The Hall–Kier alpha value is -2.04. The van der Waals surface area contributed by atoms with Gasteiger partial charge in [0.05, 0.1) is 0 Å². The molecule has 3 amide bonds. The van der Waals surface area contributed by atoms with Gasteiger partial charge in [-0.25, -0.2) is 4.79 Å². The van der Waals surface area contributed by atoms with Crippen molar-refractivity contribution in [1.82, 2.24) is 4.90 Å². The molecular formula is C15H21N3O2. The van der Waals surface area contributed by atoms with Crippen molar-refractivity contribution in [3.05, 3.63) is 29.8 Å². The Morgan fingerprint density at radius 3 is 2.20 bits per heavy atom. The minimum atomic E-state index is -0.471. The third kappa shape index (κ3) is 3.50. The molecule has 1 aliphatic rings. The van der Waals surface area contributed by atoms with Gasteiger partial charge in [0.25, 0.3) is 0 Å². The van der Waals surface area contributed by atoms with Crippen molar-refractivity contribution in [1.29, 1.82) is 0 Å². The molecule has 1 fully saturated rings. The summed E-state index contributed by atoms with van der Waals surface area (Å²) in [6, 6.07) is 6.51. The van der Waals surface area contributed by atoms with E-state index in [-0.39, 0.29) is 6.03 Å². The minimum Gasteiger partial charge on any atom is -0.366 e. The maximum absolute atomic E-state index is 12.2. The molecule has 0 spiro atoms. The molecule has 108 valence electrons.